The second kappa shape index (κ2) is 9.08. The van der Waals surface area contributed by atoms with E-state index in [1.807, 2.05) is 0 Å². The number of nitrogens with zero attached hydrogens (tertiary/aromatic N) is 2. The number of hydrogen-bond donors (Lipinski definition) is 1. The van der Waals surface area contributed by atoms with Crippen molar-refractivity contribution in [1.82, 2.24) is 9.80 Å². The third-order valence-electron chi connectivity index (χ3n) is 3.76. The largest absolute Gasteiger partial charge is 0.379 e. The van der Waals surface area contributed by atoms with Gasteiger partial charge >= 0.3 is 0 Å². The molecule has 0 unspecified atom stereocenters. The normalized spacial score (nSPS) is 16.7. The van der Waals surface area contributed by atoms with Gasteiger partial charge in [0.1, 0.15) is 0 Å². The van der Waals surface area contributed by atoms with E-state index in [4.69, 9.17) is 10.5 Å². The van der Waals surface area contributed by atoms with Gasteiger partial charge in [-0.05, 0) is 25.1 Å². The Morgan fingerprint density at radius 2 is 1.85 bits per heavy atom. The minimum absolute atomic E-state index is 0.767. The van der Waals surface area contributed by atoms with Crippen LogP contribution in [-0.2, 0) is 11.3 Å². The minimum Gasteiger partial charge on any atom is -0.379 e. The third-order valence-corrected chi connectivity index (χ3v) is 3.76. The number of hydrogen-bond acceptors (Lipinski definition) is 4. The Labute approximate surface area is 122 Å². The molecule has 4 heteroatoms. The lowest BCUT2D eigenvalue weighted by atomic mass is 10.2. The molecule has 0 saturated carbocycles. The Morgan fingerprint density at radius 3 is 2.55 bits per heavy atom. The molecule has 1 aliphatic heterocycles. The second-order valence-electron chi connectivity index (χ2n) is 5.36. The van der Waals surface area contributed by atoms with E-state index in [-0.39, 0.29) is 0 Å². The van der Waals surface area contributed by atoms with Crippen molar-refractivity contribution in [2.45, 2.75) is 13.0 Å². The molecular weight excluding hydrogens is 250 g/mol. The van der Waals surface area contributed by atoms with E-state index >= 15 is 0 Å². The summed E-state index contributed by atoms with van der Waals surface area (Å²) >= 11 is 0. The van der Waals surface area contributed by atoms with Gasteiger partial charge in [0.05, 0.1) is 13.2 Å². The van der Waals surface area contributed by atoms with Gasteiger partial charge in [0, 0.05) is 32.7 Å². The van der Waals surface area contributed by atoms with E-state index in [0.29, 0.717) is 0 Å². The van der Waals surface area contributed by atoms with Gasteiger partial charge in [-0.25, -0.2) is 0 Å². The molecule has 0 atom stereocenters. The molecule has 1 fully saturated rings. The van der Waals surface area contributed by atoms with Gasteiger partial charge in [-0.1, -0.05) is 30.3 Å². The molecule has 0 aromatic heterocycles. The van der Waals surface area contributed by atoms with Crippen LogP contribution in [0.3, 0.4) is 0 Å². The van der Waals surface area contributed by atoms with Crippen LogP contribution in [-0.4, -0.2) is 62.3 Å². The maximum atomic E-state index is 5.66. The first-order valence-corrected chi connectivity index (χ1v) is 7.65. The summed E-state index contributed by atoms with van der Waals surface area (Å²) in [6.07, 6.45) is 1.07. The molecule has 2 N–H and O–H groups in total. The first kappa shape index (κ1) is 15.4. The zero-order valence-electron chi connectivity index (χ0n) is 12.3. The van der Waals surface area contributed by atoms with Crippen LogP contribution >= 0.6 is 0 Å². The molecule has 1 heterocycles. The Bertz CT molecular complexity index is 352. The molecule has 20 heavy (non-hydrogen) atoms. The number of rotatable bonds is 8. The zero-order valence-corrected chi connectivity index (χ0v) is 12.3. The molecule has 1 aliphatic rings. The molecule has 0 spiro atoms. The molecule has 0 aliphatic carbocycles. The van der Waals surface area contributed by atoms with Gasteiger partial charge in [0.25, 0.3) is 0 Å². The Balaban J connectivity index is 1.79. The fourth-order valence-electron chi connectivity index (χ4n) is 2.53. The van der Waals surface area contributed by atoms with Crippen molar-refractivity contribution in [1.29, 1.82) is 0 Å². The summed E-state index contributed by atoms with van der Waals surface area (Å²) in [6, 6.07) is 10.7. The van der Waals surface area contributed by atoms with Gasteiger partial charge < -0.3 is 10.5 Å². The van der Waals surface area contributed by atoms with Crippen LogP contribution in [0.5, 0.6) is 0 Å². The summed E-state index contributed by atoms with van der Waals surface area (Å²) in [5.41, 5.74) is 7.04. The number of nitrogens with two attached hydrogens (primary N) is 1. The predicted octanol–water partition coefficient (Wildman–Crippen LogP) is 1.17. The molecule has 4 nitrogen and oxygen atoms in total. The van der Waals surface area contributed by atoms with Crippen molar-refractivity contribution >= 4 is 0 Å². The molecule has 1 saturated heterocycles. The Kier molecular flexibility index (Phi) is 7.01. The van der Waals surface area contributed by atoms with Crippen LogP contribution in [0.25, 0.3) is 0 Å². The highest BCUT2D eigenvalue weighted by atomic mass is 16.5. The lowest BCUT2D eigenvalue weighted by Gasteiger charge is -2.30. The number of benzene rings is 1. The molecule has 2 rings (SSSR count). The van der Waals surface area contributed by atoms with Gasteiger partial charge in [-0.15, -0.1) is 0 Å². The summed E-state index contributed by atoms with van der Waals surface area (Å²) < 4.78 is 5.40. The number of ether oxygens (including phenoxy) is 1. The lowest BCUT2D eigenvalue weighted by Crippen LogP contribution is -2.41. The van der Waals surface area contributed by atoms with Crippen LogP contribution in [0, 0.1) is 0 Å². The summed E-state index contributed by atoms with van der Waals surface area (Å²) in [7, 11) is 0. The highest BCUT2D eigenvalue weighted by Crippen LogP contribution is 2.06. The fourth-order valence-corrected chi connectivity index (χ4v) is 2.53. The average Bonchev–Trinajstić information content (AvgIpc) is 2.52. The van der Waals surface area contributed by atoms with Crippen molar-refractivity contribution < 1.29 is 4.74 Å². The molecule has 0 radical (unpaired) electrons. The maximum Gasteiger partial charge on any atom is 0.0594 e. The van der Waals surface area contributed by atoms with Crippen molar-refractivity contribution in [2.24, 2.45) is 5.73 Å². The maximum absolute atomic E-state index is 5.66. The number of morpholine rings is 1. The summed E-state index contributed by atoms with van der Waals surface area (Å²) in [6.45, 7) is 8.98. The Morgan fingerprint density at radius 1 is 1.10 bits per heavy atom. The smallest absolute Gasteiger partial charge is 0.0594 e. The first-order valence-electron chi connectivity index (χ1n) is 7.65. The van der Waals surface area contributed by atoms with E-state index in [1.165, 1.54) is 5.56 Å². The highest BCUT2D eigenvalue weighted by molar-refractivity contribution is 5.14. The van der Waals surface area contributed by atoms with Gasteiger partial charge in [-0.2, -0.15) is 0 Å². The quantitative estimate of drug-likeness (QED) is 0.774. The average molecular weight is 277 g/mol. The molecular formula is C16H27N3O. The molecule has 0 bridgehead atoms. The highest BCUT2D eigenvalue weighted by Gasteiger charge is 2.12. The van der Waals surface area contributed by atoms with E-state index in [1.54, 1.807) is 0 Å². The zero-order chi connectivity index (χ0) is 14.0. The van der Waals surface area contributed by atoms with Crippen LogP contribution in [0.1, 0.15) is 12.0 Å². The van der Waals surface area contributed by atoms with Crippen molar-refractivity contribution in [3.05, 3.63) is 35.9 Å². The summed E-state index contributed by atoms with van der Waals surface area (Å²) in [4.78, 5) is 5.00. The van der Waals surface area contributed by atoms with Crippen molar-refractivity contribution in [2.75, 3.05) is 52.5 Å². The third kappa shape index (κ3) is 5.59. The second-order valence-corrected chi connectivity index (χ2v) is 5.36. The lowest BCUT2D eigenvalue weighted by molar-refractivity contribution is 0.0329. The minimum atomic E-state index is 0.767. The van der Waals surface area contributed by atoms with E-state index in [0.717, 1.165) is 65.4 Å². The van der Waals surface area contributed by atoms with E-state index < -0.39 is 0 Å². The molecule has 1 aromatic carbocycles. The summed E-state index contributed by atoms with van der Waals surface area (Å²) in [5.74, 6) is 0. The van der Waals surface area contributed by atoms with Crippen LogP contribution in [0.4, 0.5) is 0 Å². The SMILES string of the molecule is NCCCN(CCN1CCOCC1)Cc1ccccc1. The summed E-state index contributed by atoms with van der Waals surface area (Å²) in [5, 5.41) is 0. The van der Waals surface area contributed by atoms with Gasteiger partial charge in [0.15, 0.2) is 0 Å². The van der Waals surface area contributed by atoms with Crippen molar-refractivity contribution in [3.8, 4) is 0 Å². The van der Waals surface area contributed by atoms with Crippen molar-refractivity contribution in [3.63, 3.8) is 0 Å². The van der Waals surface area contributed by atoms with Gasteiger partial charge in [0.2, 0.25) is 0 Å². The monoisotopic (exact) mass is 277 g/mol. The standard InChI is InChI=1S/C16H27N3O/c17-7-4-8-19(15-16-5-2-1-3-6-16)10-9-18-11-13-20-14-12-18/h1-3,5-6H,4,7-15,17H2. The van der Waals surface area contributed by atoms with E-state index in [2.05, 4.69) is 40.1 Å². The molecule has 0 amide bonds. The van der Waals surface area contributed by atoms with Crippen LogP contribution in [0.2, 0.25) is 0 Å². The fraction of sp³-hybridized carbons (Fsp3) is 0.625. The first-order chi connectivity index (χ1) is 9.88. The van der Waals surface area contributed by atoms with E-state index in [9.17, 15) is 0 Å². The van der Waals surface area contributed by atoms with Crippen LogP contribution < -0.4 is 5.73 Å². The van der Waals surface area contributed by atoms with Gasteiger partial charge in [-0.3, -0.25) is 9.80 Å². The predicted molar refractivity (Wildman–Crippen MR) is 82.6 cm³/mol. The molecule has 112 valence electrons. The Hall–Kier alpha value is -0.940. The molecule has 1 aromatic rings. The topological polar surface area (TPSA) is 41.7 Å². The van der Waals surface area contributed by atoms with Crippen LogP contribution in [0.15, 0.2) is 30.3 Å².